The predicted molar refractivity (Wildman–Crippen MR) is 162 cm³/mol. The van der Waals surface area contributed by atoms with E-state index in [1.807, 2.05) is 19.9 Å². The van der Waals surface area contributed by atoms with Crippen LogP contribution in [0.25, 0.3) is 5.69 Å². The lowest BCUT2D eigenvalue weighted by Gasteiger charge is -2.22. The van der Waals surface area contributed by atoms with Crippen LogP contribution in [0.15, 0.2) is 70.4 Å². The van der Waals surface area contributed by atoms with E-state index in [-0.39, 0.29) is 33.2 Å². The summed E-state index contributed by atoms with van der Waals surface area (Å²) in [5.41, 5.74) is 4.40. The minimum atomic E-state index is -4.35. The van der Waals surface area contributed by atoms with E-state index in [0.29, 0.717) is 11.4 Å². The molecule has 0 bridgehead atoms. The van der Waals surface area contributed by atoms with Crippen molar-refractivity contribution in [3.05, 3.63) is 110 Å². The summed E-state index contributed by atoms with van der Waals surface area (Å²) in [6.07, 6.45) is 0. The van der Waals surface area contributed by atoms with Gasteiger partial charge in [0.25, 0.3) is 15.6 Å². The zero-order valence-electron chi connectivity index (χ0n) is 24.2. The summed E-state index contributed by atoms with van der Waals surface area (Å²) >= 11 is 6.27. The Morgan fingerprint density at radius 3 is 2.17 bits per heavy atom. The van der Waals surface area contributed by atoms with E-state index in [0.717, 1.165) is 22.8 Å². The quantitative estimate of drug-likeness (QED) is 0.256. The third-order valence-electron chi connectivity index (χ3n) is 7.16. The average Bonchev–Trinajstić information content (AvgIpc) is 3.10. The Balaban J connectivity index is 1.60. The lowest BCUT2D eigenvalue weighted by atomic mass is 9.84. The average molecular weight is 596 g/mol. The first-order valence-corrected chi connectivity index (χ1v) is 14.9. The smallest absolute Gasteiger partial charge is 0.338 e. The number of esters is 1. The fourth-order valence-electron chi connectivity index (χ4n) is 4.59. The Morgan fingerprint density at radius 2 is 1.59 bits per heavy atom. The minimum Gasteiger partial charge on any atom is -0.457 e. The number of nitrogens with zero attached hydrogens (tertiary/aromatic N) is 2. The molecule has 0 saturated carbocycles. The molecule has 0 aliphatic rings. The van der Waals surface area contributed by atoms with Crippen molar-refractivity contribution in [2.45, 2.75) is 58.5 Å². The molecule has 10 heteroatoms. The van der Waals surface area contributed by atoms with Gasteiger partial charge in [0.1, 0.15) is 17.2 Å². The van der Waals surface area contributed by atoms with Crippen LogP contribution in [0, 0.1) is 20.8 Å². The normalized spacial score (nSPS) is 11.9. The Bertz CT molecular complexity index is 1780. The van der Waals surface area contributed by atoms with Crippen molar-refractivity contribution in [2.75, 3.05) is 4.72 Å². The van der Waals surface area contributed by atoms with Gasteiger partial charge >= 0.3 is 5.97 Å². The Hall–Kier alpha value is -3.82. The van der Waals surface area contributed by atoms with E-state index in [4.69, 9.17) is 16.3 Å². The first-order valence-electron chi connectivity index (χ1n) is 13.1. The van der Waals surface area contributed by atoms with Gasteiger partial charge in [-0.3, -0.25) is 14.2 Å². The SMILES string of the molecule is Cc1cc(C(C)(C)C)cc(C)c1COC(=O)c1ccc(Cl)c(S(=O)(=O)Nc2c(C)n(C)n(-c3ccccc3)c2=O)c1. The molecule has 0 radical (unpaired) electrons. The van der Waals surface area contributed by atoms with Gasteiger partial charge in [-0.25, -0.2) is 17.9 Å². The highest BCUT2D eigenvalue weighted by Gasteiger charge is 2.26. The molecule has 1 aromatic heterocycles. The van der Waals surface area contributed by atoms with Crippen LogP contribution in [0.2, 0.25) is 5.02 Å². The number of para-hydroxylation sites is 1. The largest absolute Gasteiger partial charge is 0.457 e. The van der Waals surface area contributed by atoms with Gasteiger partial charge in [0, 0.05) is 7.05 Å². The van der Waals surface area contributed by atoms with Crippen molar-refractivity contribution >= 4 is 33.3 Å². The number of aromatic nitrogens is 2. The molecule has 0 aliphatic carbocycles. The lowest BCUT2D eigenvalue weighted by Crippen LogP contribution is -2.23. The number of benzene rings is 3. The van der Waals surface area contributed by atoms with Crippen molar-refractivity contribution in [2.24, 2.45) is 7.05 Å². The van der Waals surface area contributed by atoms with Crippen LogP contribution < -0.4 is 10.3 Å². The summed E-state index contributed by atoms with van der Waals surface area (Å²) < 4.78 is 37.8. The number of carbonyl (C=O) groups excluding carboxylic acids is 1. The van der Waals surface area contributed by atoms with E-state index >= 15 is 0 Å². The van der Waals surface area contributed by atoms with Gasteiger partial charge in [-0.05, 0) is 78.8 Å². The molecule has 0 spiro atoms. The van der Waals surface area contributed by atoms with E-state index in [1.165, 1.54) is 22.4 Å². The van der Waals surface area contributed by atoms with Crippen molar-refractivity contribution in [1.82, 2.24) is 9.36 Å². The first-order chi connectivity index (χ1) is 19.1. The van der Waals surface area contributed by atoms with Crippen molar-refractivity contribution < 1.29 is 17.9 Å². The number of hydrogen-bond donors (Lipinski definition) is 1. The van der Waals surface area contributed by atoms with Gasteiger partial charge < -0.3 is 4.74 Å². The van der Waals surface area contributed by atoms with Gasteiger partial charge in [-0.1, -0.05) is 62.7 Å². The molecule has 8 nitrogen and oxygen atoms in total. The maximum absolute atomic E-state index is 13.4. The second kappa shape index (κ2) is 11.2. The fourth-order valence-corrected chi connectivity index (χ4v) is 6.23. The molecule has 4 rings (SSSR count). The standard InChI is InChI=1S/C31H34ClN3O5S/c1-19-15-23(31(4,5)6)16-20(2)25(19)18-40-30(37)22-13-14-26(32)27(17-22)41(38,39)33-28-21(3)34(7)35(29(28)36)24-11-9-8-10-12-24/h8-17,33H,18H2,1-7H3. The van der Waals surface area contributed by atoms with Crippen LogP contribution in [0.5, 0.6) is 0 Å². The van der Waals surface area contributed by atoms with Crippen LogP contribution in [0.4, 0.5) is 5.69 Å². The van der Waals surface area contributed by atoms with Gasteiger partial charge in [0.05, 0.1) is 22.0 Å². The first kappa shape index (κ1) is 30.1. The topological polar surface area (TPSA) is 99.4 Å². The maximum atomic E-state index is 13.4. The van der Waals surface area contributed by atoms with E-state index in [1.54, 1.807) is 42.9 Å². The summed E-state index contributed by atoms with van der Waals surface area (Å²) in [6.45, 7) is 12.0. The molecule has 1 N–H and O–H groups in total. The highest BCUT2D eigenvalue weighted by molar-refractivity contribution is 7.92. The molecule has 0 atom stereocenters. The second-order valence-corrected chi connectivity index (χ2v) is 13.2. The van der Waals surface area contributed by atoms with Gasteiger partial charge in [0.15, 0.2) is 0 Å². The van der Waals surface area contributed by atoms with Gasteiger partial charge in [-0.2, -0.15) is 0 Å². The molecule has 1 heterocycles. The van der Waals surface area contributed by atoms with Crippen LogP contribution in [0.1, 0.15) is 59.1 Å². The lowest BCUT2D eigenvalue weighted by molar-refractivity contribution is 0.0471. The Morgan fingerprint density at radius 1 is 0.976 bits per heavy atom. The monoisotopic (exact) mass is 595 g/mol. The minimum absolute atomic E-state index is 0.0165. The summed E-state index contributed by atoms with van der Waals surface area (Å²) in [6, 6.07) is 16.9. The molecule has 0 aliphatic heterocycles. The molecule has 0 unspecified atom stereocenters. The molecule has 4 aromatic rings. The zero-order chi connectivity index (χ0) is 30.3. The third-order valence-corrected chi connectivity index (χ3v) is 8.99. The second-order valence-electron chi connectivity index (χ2n) is 11.1. The molecule has 0 fully saturated rings. The van der Waals surface area contributed by atoms with Crippen LogP contribution in [-0.4, -0.2) is 23.8 Å². The number of rotatable bonds is 7. The Kier molecular flexibility index (Phi) is 8.25. The fraction of sp³-hybridized carbons (Fsp3) is 0.290. The van der Waals surface area contributed by atoms with Gasteiger partial charge in [-0.15, -0.1) is 0 Å². The molecule has 0 amide bonds. The number of nitrogens with one attached hydrogen (secondary N) is 1. The maximum Gasteiger partial charge on any atom is 0.338 e. The van der Waals surface area contributed by atoms with Crippen molar-refractivity contribution in [3.8, 4) is 5.69 Å². The van der Waals surface area contributed by atoms with E-state index in [2.05, 4.69) is 37.6 Å². The highest BCUT2D eigenvalue weighted by atomic mass is 35.5. The Labute approximate surface area is 245 Å². The molecule has 0 saturated heterocycles. The summed E-state index contributed by atoms with van der Waals surface area (Å²) in [4.78, 5) is 25.9. The van der Waals surface area contributed by atoms with Gasteiger partial charge in [0.2, 0.25) is 0 Å². The summed E-state index contributed by atoms with van der Waals surface area (Å²) in [5.74, 6) is -0.695. The van der Waals surface area contributed by atoms with E-state index < -0.39 is 21.6 Å². The van der Waals surface area contributed by atoms with Crippen LogP contribution >= 0.6 is 11.6 Å². The molecule has 216 valence electrons. The predicted octanol–water partition coefficient (Wildman–Crippen LogP) is 6.21. The molecular formula is C31H34ClN3O5S. The number of carbonyl (C=O) groups is 1. The number of sulfonamides is 1. The van der Waals surface area contributed by atoms with Crippen LogP contribution in [-0.2, 0) is 33.8 Å². The highest BCUT2D eigenvalue weighted by Crippen LogP contribution is 2.29. The van der Waals surface area contributed by atoms with Crippen molar-refractivity contribution in [3.63, 3.8) is 0 Å². The third kappa shape index (κ3) is 6.11. The number of aryl methyl sites for hydroxylation is 2. The van der Waals surface area contributed by atoms with Crippen molar-refractivity contribution in [1.29, 1.82) is 0 Å². The summed E-state index contributed by atoms with van der Waals surface area (Å²) in [5, 5.41) is -0.101. The molecule has 41 heavy (non-hydrogen) atoms. The number of ether oxygens (including phenoxy) is 1. The number of halogens is 1. The van der Waals surface area contributed by atoms with E-state index in [9.17, 15) is 18.0 Å². The number of anilines is 1. The van der Waals surface area contributed by atoms with Crippen LogP contribution in [0.3, 0.4) is 0 Å². The number of hydrogen-bond acceptors (Lipinski definition) is 5. The molecule has 3 aromatic carbocycles. The zero-order valence-corrected chi connectivity index (χ0v) is 25.8. The molecular weight excluding hydrogens is 562 g/mol. The summed E-state index contributed by atoms with van der Waals surface area (Å²) in [7, 11) is -2.69.